The molecular formula is C31H32N8O6. The van der Waals surface area contributed by atoms with E-state index in [-0.39, 0.29) is 24.5 Å². The number of carbonyl (C=O) groups excluding carboxylic acids is 3. The van der Waals surface area contributed by atoms with E-state index in [4.69, 9.17) is 9.26 Å². The van der Waals surface area contributed by atoms with E-state index in [0.717, 1.165) is 11.1 Å². The highest BCUT2D eigenvalue weighted by Gasteiger charge is 2.31. The molecule has 2 aromatic heterocycles. The molecule has 4 aromatic rings. The van der Waals surface area contributed by atoms with E-state index in [0.29, 0.717) is 17.1 Å². The van der Waals surface area contributed by atoms with Crippen LogP contribution in [0.2, 0.25) is 0 Å². The Morgan fingerprint density at radius 2 is 1.89 bits per heavy atom. The molecule has 2 heterocycles. The minimum atomic E-state index is -1.42. The van der Waals surface area contributed by atoms with E-state index in [1.54, 1.807) is 37.3 Å². The molecule has 3 amide bonds. The second kappa shape index (κ2) is 15.1. The van der Waals surface area contributed by atoms with Gasteiger partial charge in [-0.05, 0) is 50.1 Å². The number of allylic oxidation sites excluding steroid dienone is 1. The molecule has 0 radical (unpaired) electrons. The zero-order valence-corrected chi connectivity index (χ0v) is 24.8. The average Bonchev–Trinajstić information content (AvgIpc) is 3.72. The fraction of sp³-hybridized carbons (Fsp3) is 0.258. The van der Waals surface area contributed by atoms with Crippen LogP contribution in [0.1, 0.15) is 39.9 Å². The first kappa shape index (κ1) is 32.1. The van der Waals surface area contributed by atoms with Gasteiger partial charge in [-0.3, -0.25) is 14.4 Å². The van der Waals surface area contributed by atoms with E-state index in [1.165, 1.54) is 30.3 Å². The fourth-order valence-corrected chi connectivity index (χ4v) is 4.07. The second-order valence-electron chi connectivity index (χ2n) is 10.1. The lowest BCUT2D eigenvalue weighted by Crippen LogP contribution is -2.58. The molecule has 3 atom stereocenters. The molecule has 232 valence electrons. The number of nitriles is 1. The van der Waals surface area contributed by atoms with Crippen molar-refractivity contribution in [1.29, 1.82) is 5.26 Å². The number of nitrogens with zero attached hydrogens (tertiary/aromatic N) is 5. The molecule has 14 nitrogen and oxygen atoms in total. The molecule has 0 saturated heterocycles. The van der Waals surface area contributed by atoms with Crippen LogP contribution in [0.5, 0.6) is 5.75 Å². The van der Waals surface area contributed by atoms with E-state index >= 15 is 0 Å². The molecule has 0 spiro atoms. The highest BCUT2D eigenvalue weighted by atomic mass is 16.5. The summed E-state index contributed by atoms with van der Waals surface area (Å²) in [5.74, 6) is -1.37. The van der Waals surface area contributed by atoms with Crippen molar-refractivity contribution in [2.24, 2.45) is 0 Å². The van der Waals surface area contributed by atoms with Gasteiger partial charge in [0.05, 0.1) is 6.10 Å². The van der Waals surface area contributed by atoms with Gasteiger partial charge in [0.15, 0.2) is 5.69 Å². The number of aryl methyl sites for hydroxylation is 2. The Kier molecular flexibility index (Phi) is 10.8. The van der Waals surface area contributed by atoms with Gasteiger partial charge in [-0.1, -0.05) is 47.1 Å². The zero-order chi connectivity index (χ0) is 32.3. The molecule has 14 heteroatoms. The van der Waals surface area contributed by atoms with E-state index in [9.17, 15) is 24.8 Å². The largest absolute Gasteiger partial charge is 0.491 e. The zero-order valence-electron chi connectivity index (χ0n) is 24.8. The monoisotopic (exact) mass is 612 g/mol. The molecule has 0 saturated carbocycles. The SMILES string of the molecule is Cc1ccc(CNC(=O)C(COc2cccc(C=C(C#N)n3cncn3)c2)NC(=O)[C@@H](NC(=O)c2cc(C)on2)[C@@H](C)O)cc1. The topological polar surface area (TPSA) is 197 Å². The summed E-state index contributed by atoms with van der Waals surface area (Å²) in [5.41, 5.74) is 2.67. The van der Waals surface area contributed by atoms with Crippen molar-refractivity contribution < 1.29 is 28.8 Å². The minimum absolute atomic E-state index is 0.0704. The van der Waals surface area contributed by atoms with E-state index in [1.807, 2.05) is 31.2 Å². The van der Waals surface area contributed by atoms with E-state index < -0.39 is 35.9 Å². The summed E-state index contributed by atoms with van der Waals surface area (Å²) in [4.78, 5) is 43.1. The van der Waals surface area contributed by atoms with Gasteiger partial charge in [0.25, 0.3) is 5.91 Å². The number of nitrogens with one attached hydrogen (secondary N) is 3. The maximum absolute atomic E-state index is 13.3. The number of rotatable bonds is 13. The second-order valence-corrected chi connectivity index (χ2v) is 10.1. The van der Waals surface area contributed by atoms with Crippen LogP contribution in [0.4, 0.5) is 0 Å². The van der Waals surface area contributed by atoms with Gasteiger partial charge in [-0.2, -0.15) is 10.4 Å². The molecule has 0 aliphatic heterocycles. The van der Waals surface area contributed by atoms with Crippen molar-refractivity contribution in [3.05, 3.63) is 95.4 Å². The van der Waals surface area contributed by atoms with Crippen LogP contribution in [0, 0.1) is 25.2 Å². The van der Waals surface area contributed by atoms with E-state index in [2.05, 4.69) is 37.3 Å². The average molecular weight is 613 g/mol. The standard InChI is InChI=1S/C31H32N8O6/c1-19-7-9-22(10-8-19)15-34-29(41)27(36-31(43)28(21(3)40)37-30(42)26-11-20(2)45-38-26)16-44-25-6-4-5-23(13-25)12-24(14-32)39-18-33-17-35-39/h4-13,17-18,21,27-28,40H,15-16H2,1-3H3,(H,34,41)(H,36,43)(H,37,42)/t21-,27?,28+/m1/s1. The number of aliphatic hydroxyl groups is 1. The quantitative estimate of drug-likeness (QED) is 0.161. The summed E-state index contributed by atoms with van der Waals surface area (Å²) in [5, 5.41) is 35.2. The third-order valence-corrected chi connectivity index (χ3v) is 6.49. The van der Waals surface area contributed by atoms with Crippen molar-refractivity contribution in [3.63, 3.8) is 0 Å². The molecular weight excluding hydrogens is 580 g/mol. The highest BCUT2D eigenvalue weighted by molar-refractivity contribution is 5.97. The van der Waals surface area contributed by atoms with Crippen molar-refractivity contribution in [3.8, 4) is 11.8 Å². The Hall–Kier alpha value is -5.81. The number of amides is 3. The van der Waals surface area contributed by atoms with Gasteiger partial charge >= 0.3 is 0 Å². The molecule has 4 N–H and O–H groups in total. The van der Waals surface area contributed by atoms with Crippen LogP contribution in [-0.4, -0.2) is 67.5 Å². The summed E-state index contributed by atoms with van der Waals surface area (Å²) < 4.78 is 12.1. The van der Waals surface area contributed by atoms with Gasteiger partial charge in [-0.15, -0.1) is 0 Å². The van der Waals surface area contributed by atoms with Gasteiger partial charge in [0.1, 0.15) is 54.6 Å². The molecule has 1 unspecified atom stereocenters. The summed E-state index contributed by atoms with van der Waals surface area (Å²) >= 11 is 0. The molecule has 0 aliphatic rings. The molecule has 0 fully saturated rings. The predicted octanol–water partition coefficient (Wildman–Crippen LogP) is 1.76. The third-order valence-electron chi connectivity index (χ3n) is 6.49. The summed E-state index contributed by atoms with van der Waals surface area (Å²) in [6.45, 7) is 4.78. The highest BCUT2D eigenvalue weighted by Crippen LogP contribution is 2.17. The lowest BCUT2D eigenvalue weighted by Gasteiger charge is -2.24. The van der Waals surface area contributed by atoms with Crippen LogP contribution < -0.4 is 20.7 Å². The van der Waals surface area contributed by atoms with Crippen molar-refractivity contribution >= 4 is 29.5 Å². The summed E-state index contributed by atoms with van der Waals surface area (Å²) in [6, 6.07) is 15.1. The van der Waals surface area contributed by atoms with Crippen LogP contribution in [0.25, 0.3) is 11.8 Å². The first-order valence-electron chi connectivity index (χ1n) is 13.9. The van der Waals surface area contributed by atoms with Crippen molar-refractivity contribution in [1.82, 2.24) is 35.9 Å². The third kappa shape index (κ3) is 9.09. The van der Waals surface area contributed by atoms with Crippen molar-refractivity contribution in [2.75, 3.05) is 6.61 Å². The smallest absolute Gasteiger partial charge is 0.274 e. The Bertz CT molecular complexity index is 1690. The first-order valence-corrected chi connectivity index (χ1v) is 13.9. The van der Waals surface area contributed by atoms with Crippen molar-refractivity contribution in [2.45, 2.75) is 45.5 Å². The lowest BCUT2D eigenvalue weighted by atomic mass is 10.1. The molecule has 0 aliphatic carbocycles. The van der Waals surface area contributed by atoms with Crippen LogP contribution in [-0.2, 0) is 16.1 Å². The maximum Gasteiger partial charge on any atom is 0.274 e. The Labute approximate surface area is 258 Å². The Morgan fingerprint density at radius 3 is 2.53 bits per heavy atom. The van der Waals surface area contributed by atoms with Gasteiger partial charge in [0, 0.05) is 12.6 Å². The normalized spacial score (nSPS) is 13.2. The van der Waals surface area contributed by atoms with Crippen LogP contribution in [0.3, 0.4) is 0 Å². The summed E-state index contributed by atoms with van der Waals surface area (Å²) in [7, 11) is 0. The number of hydrogen-bond donors (Lipinski definition) is 4. The van der Waals surface area contributed by atoms with Crippen LogP contribution >= 0.6 is 0 Å². The van der Waals surface area contributed by atoms with Gasteiger partial charge < -0.3 is 30.3 Å². The predicted molar refractivity (Wildman–Crippen MR) is 161 cm³/mol. The minimum Gasteiger partial charge on any atom is -0.491 e. The number of aromatic nitrogens is 4. The number of aliphatic hydroxyl groups excluding tert-OH is 1. The van der Waals surface area contributed by atoms with Crippen LogP contribution in [0.15, 0.2) is 71.8 Å². The molecule has 2 aromatic carbocycles. The molecule has 45 heavy (non-hydrogen) atoms. The van der Waals surface area contributed by atoms with Gasteiger partial charge in [-0.25, -0.2) is 9.67 Å². The Balaban J connectivity index is 1.50. The number of hydrogen-bond acceptors (Lipinski definition) is 10. The number of carbonyl (C=O) groups is 3. The summed E-state index contributed by atoms with van der Waals surface area (Å²) in [6.07, 6.45) is 2.97. The maximum atomic E-state index is 13.3. The van der Waals surface area contributed by atoms with Gasteiger partial charge in [0.2, 0.25) is 11.8 Å². The first-order chi connectivity index (χ1) is 21.6. The molecule has 0 bridgehead atoms. The number of benzene rings is 2. The number of ether oxygens (including phenoxy) is 1. The molecule has 4 rings (SSSR count). The Morgan fingerprint density at radius 1 is 1.11 bits per heavy atom. The fourth-order valence-electron chi connectivity index (χ4n) is 4.07. The lowest BCUT2D eigenvalue weighted by molar-refractivity contribution is -0.132.